The molecule has 1 aromatic carbocycles. The lowest BCUT2D eigenvalue weighted by Gasteiger charge is -2.04. The van der Waals surface area contributed by atoms with E-state index in [1.165, 1.54) is 0 Å². The first kappa shape index (κ1) is 15.8. The van der Waals surface area contributed by atoms with Crippen molar-refractivity contribution >= 4 is 46.9 Å². The summed E-state index contributed by atoms with van der Waals surface area (Å²) in [5.74, 6) is 0.301. The summed E-state index contributed by atoms with van der Waals surface area (Å²) in [7, 11) is 0. The Hall–Kier alpha value is -1.30. The number of nitrogens with zero attached hydrogens (tertiary/aromatic N) is 1. The van der Waals surface area contributed by atoms with Crippen molar-refractivity contribution in [3.63, 3.8) is 0 Å². The van der Waals surface area contributed by atoms with E-state index in [0.29, 0.717) is 29.3 Å². The van der Waals surface area contributed by atoms with E-state index in [4.69, 9.17) is 17.3 Å². The summed E-state index contributed by atoms with van der Waals surface area (Å²) in [4.78, 5) is 18.8. The Morgan fingerprint density at radius 1 is 1.58 bits per heavy atom. The zero-order valence-electron chi connectivity index (χ0n) is 10.4. The predicted octanol–water partition coefficient (Wildman–Crippen LogP) is 2.70. The molecule has 0 saturated carbocycles. The molecule has 0 aliphatic carbocycles. The molecule has 0 saturated heterocycles. The third-order valence-corrected chi connectivity index (χ3v) is 2.85. The van der Waals surface area contributed by atoms with Gasteiger partial charge in [0.2, 0.25) is 11.9 Å². The van der Waals surface area contributed by atoms with Crippen LogP contribution in [0.1, 0.15) is 19.8 Å². The SMILES string of the molecule is CC(N)CCC(=O)Nc1nc2c(Cl)cccc2[nH]1.Cl. The second-order valence-electron chi connectivity index (χ2n) is 4.29. The standard InChI is InChI=1S/C12H15ClN4O.ClH/c1-7(14)5-6-10(18)16-12-15-9-4-2-3-8(13)11(9)17-12;/h2-4,7H,5-6,14H2,1H3,(H2,15,16,17,18);1H. The molecule has 7 heteroatoms. The molecule has 1 amide bonds. The van der Waals surface area contributed by atoms with E-state index < -0.39 is 0 Å². The first-order valence-corrected chi connectivity index (χ1v) is 6.13. The van der Waals surface area contributed by atoms with Gasteiger partial charge >= 0.3 is 0 Å². The Labute approximate surface area is 122 Å². The van der Waals surface area contributed by atoms with Gasteiger partial charge in [0.25, 0.3) is 0 Å². The number of aromatic amines is 1. The van der Waals surface area contributed by atoms with Crippen LogP contribution in [0.25, 0.3) is 11.0 Å². The number of fused-ring (bicyclic) bond motifs is 1. The number of carbonyl (C=O) groups is 1. The van der Waals surface area contributed by atoms with E-state index in [1.807, 2.05) is 19.1 Å². The monoisotopic (exact) mass is 302 g/mol. The van der Waals surface area contributed by atoms with E-state index in [1.54, 1.807) is 6.07 Å². The van der Waals surface area contributed by atoms with Crippen molar-refractivity contribution in [2.75, 3.05) is 5.32 Å². The average molecular weight is 303 g/mol. The van der Waals surface area contributed by atoms with Crippen molar-refractivity contribution in [1.29, 1.82) is 0 Å². The molecule has 0 radical (unpaired) electrons. The van der Waals surface area contributed by atoms with Crippen molar-refractivity contribution < 1.29 is 4.79 Å². The minimum Gasteiger partial charge on any atom is -0.328 e. The molecule has 1 aromatic heterocycles. The summed E-state index contributed by atoms with van der Waals surface area (Å²) in [6.45, 7) is 1.87. The minimum atomic E-state index is -0.109. The Bertz CT molecular complexity index is 568. The minimum absolute atomic E-state index is 0. The van der Waals surface area contributed by atoms with Gasteiger partial charge in [0.1, 0.15) is 5.52 Å². The molecule has 0 aliphatic rings. The summed E-state index contributed by atoms with van der Waals surface area (Å²) in [5.41, 5.74) is 7.04. The molecule has 5 nitrogen and oxygen atoms in total. The molecule has 2 aromatic rings. The van der Waals surface area contributed by atoms with E-state index in [2.05, 4.69) is 15.3 Å². The average Bonchev–Trinajstić information content (AvgIpc) is 2.70. The molecule has 1 heterocycles. The Morgan fingerprint density at radius 3 is 2.95 bits per heavy atom. The molecule has 0 spiro atoms. The molecule has 0 bridgehead atoms. The number of carbonyl (C=O) groups excluding carboxylic acids is 1. The van der Waals surface area contributed by atoms with Crippen LogP contribution in [-0.2, 0) is 4.79 Å². The molecule has 4 N–H and O–H groups in total. The second-order valence-corrected chi connectivity index (χ2v) is 4.69. The topological polar surface area (TPSA) is 83.8 Å². The quantitative estimate of drug-likeness (QED) is 0.812. The van der Waals surface area contributed by atoms with E-state index >= 15 is 0 Å². The molecular weight excluding hydrogens is 287 g/mol. The normalized spacial score (nSPS) is 11.9. The van der Waals surface area contributed by atoms with Gasteiger partial charge in [-0.2, -0.15) is 0 Å². The highest BCUT2D eigenvalue weighted by molar-refractivity contribution is 6.35. The first-order valence-electron chi connectivity index (χ1n) is 5.76. The van der Waals surface area contributed by atoms with Crippen molar-refractivity contribution in [2.45, 2.75) is 25.8 Å². The number of amides is 1. The van der Waals surface area contributed by atoms with Crippen LogP contribution in [0.2, 0.25) is 5.02 Å². The molecule has 2 rings (SSSR count). The van der Waals surface area contributed by atoms with E-state index in [0.717, 1.165) is 5.52 Å². The maximum Gasteiger partial charge on any atom is 0.226 e. The van der Waals surface area contributed by atoms with E-state index in [9.17, 15) is 4.79 Å². The number of aromatic nitrogens is 2. The number of imidazole rings is 1. The van der Waals surface area contributed by atoms with Gasteiger partial charge in [-0.1, -0.05) is 17.7 Å². The molecule has 19 heavy (non-hydrogen) atoms. The van der Waals surface area contributed by atoms with Gasteiger partial charge in [0, 0.05) is 12.5 Å². The summed E-state index contributed by atoms with van der Waals surface area (Å²) in [6.07, 6.45) is 1.02. The van der Waals surface area contributed by atoms with Crippen LogP contribution in [0, 0.1) is 0 Å². The number of hydrogen-bond donors (Lipinski definition) is 3. The Kier molecular flexibility index (Phi) is 5.60. The fraction of sp³-hybridized carbons (Fsp3) is 0.333. The maximum absolute atomic E-state index is 11.6. The lowest BCUT2D eigenvalue weighted by atomic mass is 10.2. The lowest BCUT2D eigenvalue weighted by Crippen LogP contribution is -2.19. The maximum atomic E-state index is 11.6. The van der Waals surface area contributed by atoms with Crippen LogP contribution in [0.5, 0.6) is 0 Å². The number of halogens is 2. The van der Waals surface area contributed by atoms with Crippen molar-refractivity contribution in [1.82, 2.24) is 9.97 Å². The van der Waals surface area contributed by atoms with Crippen molar-refractivity contribution in [3.05, 3.63) is 23.2 Å². The Morgan fingerprint density at radius 2 is 2.32 bits per heavy atom. The van der Waals surface area contributed by atoms with Crippen LogP contribution in [0.4, 0.5) is 5.95 Å². The highest BCUT2D eigenvalue weighted by atomic mass is 35.5. The zero-order valence-corrected chi connectivity index (χ0v) is 12.0. The highest BCUT2D eigenvalue weighted by Gasteiger charge is 2.09. The van der Waals surface area contributed by atoms with Gasteiger partial charge in [-0.3, -0.25) is 10.1 Å². The smallest absolute Gasteiger partial charge is 0.226 e. The van der Waals surface area contributed by atoms with E-state index in [-0.39, 0.29) is 24.4 Å². The summed E-state index contributed by atoms with van der Waals surface area (Å²) in [5, 5.41) is 3.25. The number of para-hydroxylation sites is 1. The van der Waals surface area contributed by atoms with Crippen LogP contribution in [0.15, 0.2) is 18.2 Å². The Balaban J connectivity index is 0.00000180. The van der Waals surface area contributed by atoms with Crippen LogP contribution >= 0.6 is 24.0 Å². The number of anilines is 1. The van der Waals surface area contributed by atoms with Crippen LogP contribution in [0.3, 0.4) is 0 Å². The highest BCUT2D eigenvalue weighted by Crippen LogP contribution is 2.22. The van der Waals surface area contributed by atoms with Crippen molar-refractivity contribution in [3.8, 4) is 0 Å². The molecule has 0 aliphatic heterocycles. The number of H-pyrrole nitrogens is 1. The third kappa shape index (κ3) is 4.09. The predicted molar refractivity (Wildman–Crippen MR) is 79.9 cm³/mol. The number of nitrogens with one attached hydrogen (secondary N) is 2. The summed E-state index contributed by atoms with van der Waals surface area (Å²) >= 11 is 6.00. The molecule has 0 fully saturated rings. The number of hydrogen-bond acceptors (Lipinski definition) is 3. The van der Waals surface area contributed by atoms with Crippen molar-refractivity contribution in [2.24, 2.45) is 5.73 Å². The van der Waals surface area contributed by atoms with Gasteiger partial charge in [-0.05, 0) is 25.5 Å². The fourth-order valence-electron chi connectivity index (χ4n) is 1.61. The zero-order chi connectivity index (χ0) is 13.1. The van der Waals surface area contributed by atoms with Crippen LogP contribution < -0.4 is 11.1 Å². The van der Waals surface area contributed by atoms with Crippen LogP contribution in [-0.4, -0.2) is 21.9 Å². The molecular formula is C12H16Cl2N4O. The second kappa shape index (κ2) is 6.75. The number of nitrogens with two attached hydrogens (primary N) is 1. The summed E-state index contributed by atoms with van der Waals surface area (Å²) < 4.78 is 0. The number of benzene rings is 1. The van der Waals surface area contributed by atoms with Gasteiger partial charge in [0.05, 0.1) is 10.5 Å². The molecule has 104 valence electrons. The van der Waals surface area contributed by atoms with Gasteiger partial charge in [0.15, 0.2) is 0 Å². The van der Waals surface area contributed by atoms with Gasteiger partial charge in [-0.15, -0.1) is 12.4 Å². The molecule has 1 atom stereocenters. The lowest BCUT2D eigenvalue weighted by molar-refractivity contribution is -0.116. The van der Waals surface area contributed by atoms with Gasteiger partial charge < -0.3 is 10.7 Å². The summed E-state index contributed by atoms with van der Waals surface area (Å²) in [6, 6.07) is 5.45. The molecule has 1 unspecified atom stereocenters. The largest absolute Gasteiger partial charge is 0.328 e. The van der Waals surface area contributed by atoms with Gasteiger partial charge in [-0.25, -0.2) is 4.98 Å². The number of rotatable bonds is 4. The fourth-order valence-corrected chi connectivity index (χ4v) is 1.83. The third-order valence-electron chi connectivity index (χ3n) is 2.55. The first-order chi connectivity index (χ1) is 8.56.